The van der Waals surface area contributed by atoms with Gasteiger partial charge in [0, 0.05) is 0 Å². The molecule has 0 heterocycles. The van der Waals surface area contributed by atoms with E-state index in [-0.39, 0.29) is 5.41 Å². The molecule has 0 aromatic rings. The van der Waals surface area contributed by atoms with Crippen LogP contribution < -0.4 is 0 Å². The van der Waals surface area contributed by atoms with E-state index in [0.29, 0.717) is 12.6 Å². The molecule has 4 nitrogen and oxygen atoms in total. The fraction of sp³-hybridized carbons (Fsp3) is 0.833. The van der Waals surface area contributed by atoms with Crippen LogP contribution >= 0.6 is 0 Å². The maximum atomic E-state index is 10.9. The predicted molar refractivity (Wildman–Crippen MR) is 61.1 cm³/mol. The van der Waals surface area contributed by atoms with Gasteiger partial charge in [-0.05, 0) is 26.2 Å². The van der Waals surface area contributed by atoms with Crippen molar-refractivity contribution in [1.29, 1.82) is 0 Å². The van der Waals surface area contributed by atoms with Gasteiger partial charge in [-0.3, -0.25) is 4.79 Å². The average Bonchev–Trinajstić information content (AvgIpc) is 2.07. The van der Waals surface area contributed by atoms with Gasteiger partial charge in [0.1, 0.15) is 12.4 Å². The number of hydrogen-bond donors (Lipinski definition) is 0. The van der Waals surface area contributed by atoms with Crippen LogP contribution in [0.3, 0.4) is 0 Å². The average molecular weight is 230 g/mol. The molecule has 94 valence electrons. The number of carbonyl (C=O) groups is 2. The zero-order chi connectivity index (χ0) is 13.0. The van der Waals surface area contributed by atoms with Crippen molar-refractivity contribution in [3.8, 4) is 0 Å². The van der Waals surface area contributed by atoms with E-state index in [9.17, 15) is 9.59 Å². The summed E-state index contributed by atoms with van der Waals surface area (Å²) in [6, 6.07) is 0. The standard InChI is InChI=1S/C12H22O4/c1-11(2,3)9(7-13)15-10(8-14)16-12(4,5)6/h7-10H,1-6H3. The van der Waals surface area contributed by atoms with Crippen molar-refractivity contribution >= 4 is 12.6 Å². The van der Waals surface area contributed by atoms with Gasteiger partial charge in [0.15, 0.2) is 6.29 Å². The maximum absolute atomic E-state index is 10.9. The first-order valence-electron chi connectivity index (χ1n) is 5.34. The number of aldehydes is 2. The molecular weight excluding hydrogens is 208 g/mol. The quantitative estimate of drug-likeness (QED) is 0.535. The molecule has 2 atom stereocenters. The van der Waals surface area contributed by atoms with Crippen molar-refractivity contribution in [1.82, 2.24) is 0 Å². The van der Waals surface area contributed by atoms with Gasteiger partial charge in [0.25, 0.3) is 0 Å². The summed E-state index contributed by atoms with van der Waals surface area (Å²) in [5, 5.41) is 0. The smallest absolute Gasteiger partial charge is 0.215 e. The Balaban J connectivity index is 4.52. The Morgan fingerprint density at radius 1 is 0.938 bits per heavy atom. The summed E-state index contributed by atoms with van der Waals surface area (Å²) in [4.78, 5) is 21.7. The highest BCUT2D eigenvalue weighted by Gasteiger charge is 2.29. The van der Waals surface area contributed by atoms with Gasteiger partial charge in [0.05, 0.1) is 5.60 Å². The van der Waals surface area contributed by atoms with Crippen molar-refractivity contribution < 1.29 is 19.1 Å². The molecule has 0 saturated carbocycles. The lowest BCUT2D eigenvalue weighted by atomic mass is 9.90. The second-order valence-corrected chi connectivity index (χ2v) is 5.79. The van der Waals surface area contributed by atoms with Gasteiger partial charge in [-0.2, -0.15) is 0 Å². The number of ether oxygens (including phenoxy) is 2. The molecular formula is C12H22O4. The first-order valence-corrected chi connectivity index (χ1v) is 5.34. The molecule has 0 N–H and O–H groups in total. The third-order valence-electron chi connectivity index (χ3n) is 1.84. The van der Waals surface area contributed by atoms with Gasteiger partial charge < -0.3 is 14.3 Å². The lowest BCUT2D eigenvalue weighted by molar-refractivity contribution is -0.213. The van der Waals surface area contributed by atoms with Gasteiger partial charge in [0.2, 0.25) is 6.29 Å². The van der Waals surface area contributed by atoms with Crippen LogP contribution in [0.2, 0.25) is 0 Å². The lowest BCUT2D eigenvalue weighted by Gasteiger charge is -2.31. The third kappa shape index (κ3) is 5.98. The van der Waals surface area contributed by atoms with Crippen molar-refractivity contribution in [3.63, 3.8) is 0 Å². The molecule has 2 unspecified atom stereocenters. The monoisotopic (exact) mass is 230 g/mol. The lowest BCUT2D eigenvalue weighted by Crippen LogP contribution is -2.39. The van der Waals surface area contributed by atoms with Gasteiger partial charge in [-0.1, -0.05) is 20.8 Å². The minimum atomic E-state index is -1.01. The molecule has 0 rings (SSSR count). The van der Waals surface area contributed by atoms with Crippen LogP contribution in [0, 0.1) is 5.41 Å². The molecule has 0 aromatic heterocycles. The SMILES string of the molecule is CC(C)(C)OC(C=O)OC(C=O)C(C)(C)C. The van der Waals surface area contributed by atoms with Crippen LogP contribution in [-0.2, 0) is 19.1 Å². The molecule has 0 amide bonds. The molecule has 0 bridgehead atoms. The summed E-state index contributed by atoms with van der Waals surface area (Å²) in [5.74, 6) is 0. The van der Waals surface area contributed by atoms with Crippen molar-refractivity contribution in [3.05, 3.63) is 0 Å². The Morgan fingerprint density at radius 2 is 1.44 bits per heavy atom. The van der Waals surface area contributed by atoms with Gasteiger partial charge in [-0.25, -0.2) is 0 Å². The molecule has 0 spiro atoms. The zero-order valence-electron chi connectivity index (χ0n) is 10.9. The first kappa shape index (κ1) is 15.3. The molecule has 0 aliphatic rings. The molecule has 0 radical (unpaired) electrons. The van der Waals surface area contributed by atoms with Crippen molar-refractivity contribution in [2.75, 3.05) is 0 Å². The second kappa shape index (κ2) is 5.55. The van der Waals surface area contributed by atoms with E-state index in [1.165, 1.54) is 0 Å². The van der Waals surface area contributed by atoms with E-state index in [1.807, 2.05) is 41.5 Å². The Hall–Kier alpha value is -0.740. The van der Waals surface area contributed by atoms with Crippen molar-refractivity contribution in [2.45, 2.75) is 59.5 Å². The highest BCUT2D eigenvalue weighted by molar-refractivity contribution is 5.59. The van der Waals surface area contributed by atoms with Crippen LogP contribution in [0.25, 0.3) is 0 Å². The maximum Gasteiger partial charge on any atom is 0.215 e. The van der Waals surface area contributed by atoms with Crippen molar-refractivity contribution in [2.24, 2.45) is 5.41 Å². The van der Waals surface area contributed by atoms with Gasteiger partial charge in [-0.15, -0.1) is 0 Å². The number of rotatable bonds is 5. The highest BCUT2D eigenvalue weighted by atomic mass is 16.7. The summed E-state index contributed by atoms with van der Waals surface area (Å²) in [6.45, 7) is 11.1. The molecule has 16 heavy (non-hydrogen) atoms. The van der Waals surface area contributed by atoms with Crippen LogP contribution in [-0.4, -0.2) is 30.6 Å². The summed E-state index contributed by atoms with van der Waals surface area (Å²) in [7, 11) is 0. The summed E-state index contributed by atoms with van der Waals surface area (Å²) < 4.78 is 10.7. The summed E-state index contributed by atoms with van der Waals surface area (Å²) in [5.41, 5.74) is -0.846. The van der Waals surface area contributed by atoms with Crippen LogP contribution in [0.4, 0.5) is 0 Å². The third-order valence-corrected chi connectivity index (χ3v) is 1.84. The first-order chi connectivity index (χ1) is 7.10. The van der Waals surface area contributed by atoms with E-state index in [4.69, 9.17) is 9.47 Å². The minimum Gasteiger partial charge on any atom is -0.340 e. The van der Waals surface area contributed by atoms with E-state index >= 15 is 0 Å². The molecule has 0 saturated heterocycles. The van der Waals surface area contributed by atoms with Crippen LogP contribution in [0.15, 0.2) is 0 Å². The van der Waals surface area contributed by atoms with E-state index in [0.717, 1.165) is 0 Å². The second-order valence-electron chi connectivity index (χ2n) is 5.79. The Labute approximate surface area is 97.3 Å². The molecule has 0 aromatic carbocycles. The molecule has 4 heteroatoms. The molecule has 0 aliphatic heterocycles. The fourth-order valence-corrected chi connectivity index (χ4v) is 1.02. The normalized spacial score (nSPS) is 16.6. The van der Waals surface area contributed by atoms with Crippen LogP contribution in [0.1, 0.15) is 41.5 Å². The fourth-order valence-electron chi connectivity index (χ4n) is 1.02. The largest absolute Gasteiger partial charge is 0.340 e. The zero-order valence-corrected chi connectivity index (χ0v) is 10.9. The van der Waals surface area contributed by atoms with E-state index < -0.39 is 18.0 Å². The summed E-state index contributed by atoms with van der Waals surface area (Å²) >= 11 is 0. The highest BCUT2D eigenvalue weighted by Crippen LogP contribution is 2.23. The molecule has 0 aliphatic carbocycles. The predicted octanol–water partition coefficient (Wildman–Crippen LogP) is 1.96. The Morgan fingerprint density at radius 3 is 1.69 bits per heavy atom. The van der Waals surface area contributed by atoms with Crippen LogP contribution in [0.5, 0.6) is 0 Å². The number of hydrogen-bond acceptors (Lipinski definition) is 4. The number of carbonyl (C=O) groups excluding carboxylic acids is 2. The Kier molecular flexibility index (Phi) is 5.29. The van der Waals surface area contributed by atoms with E-state index in [2.05, 4.69) is 0 Å². The summed E-state index contributed by atoms with van der Waals surface area (Å²) in [6.07, 6.45) is -0.407. The van der Waals surface area contributed by atoms with E-state index in [1.54, 1.807) is 0 Å². The topological polar surface area (TPSA) is 52.6 Å². The Bertz CT molecular complexity index is 234. The minimum absolute atomic E-state index is 0.357. The molecule has 0 fully saturated rings. The van der Waals surface area contributed by atoms with Gasteiger partial charge >= 0.3 is 0 Å².